The second kappa shape index (κ2) is 4.77. The van der Waals surface area contributed by atoms with Crippen LogP contribution in [0.25, 0.3) is 0 Å². The number of aromatic nitrogens is 3. The summed E-state index contributed by atoms with van der Waals surface area (Å²) < 4.78 is 0.840. The number of alkyl halides is 1. The molecule has 78 valence electrons. The molecule has 2 heterocycles. The molecule has 1 N–H and O–H groups in total. The van der Waals surface area contributed by atoms with E-state index in [-0.39, 0.29) is 0 Å². The third-order valence-electron chi connectivity index (χ3n) is 1.99. The summed E-state index contributed by atoms with van der Waals surface area (Å²) in [5.74, 6) is 1.38. The number of halogens is 2. The molecule has 0 aliphatic rings. The van der Waals surface area contributed by atoms with E-state index in [0.29, 0.717) is 5.88 Å². The zero-order valence-electron chi connectivity index (χ0n) is 7.87. The van der Waals surface area contributed by atoms with Gasteiger partial charge in [-0.2, -0.15) is 0 Å². The number of nitrogens with one attached hydrogen (secondary N) is 1. The van der Waals surface area contributed by atoms with Gasteiger partial charge in [0.15, 0.2) is 0 Å². The van der Waals surface area contributed by atoms with Gasteiger partial charge in [0.25, 0.3) is 0 Å². The zero-order chi connectivity index (χ0) is 10.7. The molecule has 0 amide bonds. The number of aromatic amines is 1. The summed E-state index contributed by atoms with van der Waals surface area (Å²) in [6.07, 6.45) is 4.33. The van der Waals surface area contributed by atoms with Gasteiger partial charge in [-0.3, -0.25) is 0 Å². The fraction of sp³-hybridized carbons (Fsp3) is 0.200. The quantitative estimate of drug-likeness (QED) is 0.696. The Morgan fingerprint density at radius 3 is 2.73 bits per heavy atom. The fourth-order valence-electron chi connectivity index (χ4n) is 1.27. The highest BCUT2D eigenvalue weighted by Crippen LogP contribution is 2.10. The molecule has 0 atom stereocenters. The van der Waals surface area contributed by atoms with Crippen LogP contribution in [-0.4, -0.2) is 15.0 Å². The third kappa shape index (κ3) is 2.79. The molecule has 2 aromatic rings. The van der Waals surface area contributed by atoms with Crippen molar-refractivity contribution in [3.8, 4) is 0 Å². The van der Waals surface area contributed by atoms with Gasteiger partial charge in [-0.25, -0.2) is 9.97 Å². The van der Waals surface area contributed by atoms with Crippen LogP contribution in [0, 0.1) is 0 Å². The predicted octanol–water partition coefficient (Wildman–Crippen LogP) is 2.90. The van der Waals surface area contributed by atoms with Crippen molar-refractivity contribution in [2.45, 2.75) is 12.3 Å². The summed E-state index contributed by atoms with van der Waals surface area (Å²) in [4.78, 5) is 11.5. The first-order chi connectivity index (χ1) is 7.28. The number of hydrogen-bond donors (Lipinski definition) is 1. The molecule has 0 unspecified atom stereocenters. The number of hydrogen-bond acceptors (Lipinski definition) is 2. The van der Waals surface area contributed by atoms with Crippen molar-refractivity contribution in [2.75, 3.05) is 0 Å². The average Bonchev–Trinajstić information content (AvgIpc) is 2.69. The molecule has 0 fully saturated rings. The van der Waals surface area contributed by atoms with E-state index in [0.717, 1.165) is 28.1 Å². The Bertz CT molecular complexity index is 438. The van der Waals surface area contributed by atoms with E-state index >= 15 is 0 Å². The number of H-pyrrole nitrogens is 1. The van der Waals surface area contributed by atoms with Gasteiger partial charge in [-0.1, -0.05) is 6.07 Å². The summed E-state index contributed by atoms with van der Waals surface area (Å²) in [6.45, 7) is 0. The van der Waals surface area contributed by atoms with Crippen LogP contribution in [0.2, 0.25) is 0 Å². The van der Waals surface area contributed by atoms with Gasteiger partial charge < -0.3 is 4.98 Å². The molecule has 0 saturated carbocycles. The molecule has 2 aromatic heterocycles. The van der Waals surface area contributed by atoms with Crippen LogP contribution in [0.5, 0.6) is 0 Å². The third-order valence-corrected chi connectivity index (χ3v) is 2.74. The lowest BCUT2D eigenvalue weighted by molar-refractivity contribution is 1.00. The molecule has 0 aliphatic carbocycles. The minimum atomic E-state index is 0.464. The highest BCUT2D eigenvalue weighted by atomic mass is 79.9. The number of imidazole rings is 1. The summed E-state index contributed by atoms with van der Waals surface area (Å²) in [6, 6.07) is 3.93. The first-order valence-corrected chi connectivity index (χ1v) is 5.80. The van der Waals surface area contributed by atoms with Crippen molar-refractivity contribution in [3.05, 3.63) is 46.2 Å². The van der Waals surface area contributed by atoms with Crippen LogP contribution in [-0.2, 0) is 12.3 Å². The molecular formula is C10H9BrClN3. The van der Waals surface area contributed by atoms with Gasteiger partial charge in [-0.15, -0.1) is 11.6 Å². The molecular weight excluding hydrogens is 277 g/mol. The zero-order valence-corrected chi connectivity index (χ0v) is 10.2. The number of rotatable bonds is 3. The minimum absolute atomic E-state index is 0.464. The van der Waals surface area contributed by atoms with Gasteiger partial charge >= 0.3 is 0 Å². The monoisotopic (exact) mass is 285 g/mol. The number of nitrogens with zero attached hydrogens (tertiary/aromatic N) is 2. The molecule has 2 rings (SSSR count). The Morgan fingerprint density at radius 1 is 1.27 bits per heavy atom. The molecule has 0 radical (unpaired) electrons. The highest BCUT2D eigenvalue weighted by molar-refractivity contribution is 9.10. The maximum atomic E-state index is 5.67. The summed E-state index contributed by atoms with van der Waals surface area (Å²) >= 11 is 8.97. The predicted molar refractivity (Wildman–Crippen MR) is 62.9 cm³/mol. The van der Waals surface area contributed by atoms with Crippen LogP contribution in [0.15, 0.2) is 29.1 Å². The van der Waals surface area contributed by atoms with Crippen LogP contribution in [0.1, 0.15) is 17.1 Å². The van der Waals surface area contributed by atoms with Crippen LogP contribution in [0.4, 0.5) is 0 Å². The fourth-order valence-corrected chi connectivity index (χ4v) is 1.64. The van der Waals surface area contributed by atoms with E-state index in [4.69, 9.17) is 11.6 Å². The SMILES string of the molecule is ClCc1cnc(Cc2ccc(Br)nc2)[nH]1. The van der Waals surface area contributed by atoms with Crippen molar-refractivity contribution >= 4 is 27.5 Å². The van der Waals surface area contributed by atoms with Gasteiger partial charge in [0.2, 0.25) is 0 Å². The van der Waals surface area contributed by atoms with Gasteiger partial charge in [-0.05, 0) is 27.6 Å². The van der Waals surface area contributed by atoms with E-state index in [2.05, 4.69) is 30.9 Å². The largest absolute Gasteiger partial charge is 0.345 e. The smallest absolute Gasteiger partial charge is 0.110 e. The van der Waals surface area contributed by atoms with Crippen molar-refractivity contribution in [3.63, 3.8) is 0 Å². The van der Waals surface area contributed by atoms with Crippen LogP contribution in [0.3, 0.4) is 0 Å². The minimum Gasteiger partial charge on any atom is -0.345 e. The van der Waals surface area contributed by atoms with Crippen molar-refractivity contribution in [2.24, 2.45) is 0 Å². The first-order valence-electron chi connectivity index (χ1n) is 4.47. The first kappa shape index (κ1) is 10.6. The molecule has 3 nitrogen and oxygen atoms in total. The van der Waals surface area contributed by atoms with Crippen molar-refractivity contribution in [1.82, 2.24) is 15.0 Å². The Morgan fingerprint density at radius 2 is 2.13 bits per heavy atom. The summed E-state index contributed by atoms with van der Waals surface area (Å²) in [7, 11) is 0. The Balaban J connectivity index is 2.11. The standard InChI is InChI=1S/C10H9BrClN3/c11-9-2-1-7(5-13-9)3-10-14-6-8(4-12)15-10/h1-2,5-6H,3-4H2,(H,14,15). The van der Waals surface area contributed by atoms with Crippen LogP contribution < -0.4 is 0 Å². The van der Waals surface area contributed by atoms with E-state index in [1.54, 1.807) is 6.20 Å². The second-order valence-corrected chi connectivity index (χ2v) is 4.23. The van der Waals surface area contributed by atoms with E-state index in [9.17, 15) is 0 Å². The molecule has 0 bridgehead atoms. The maximum absolute atomic E-state index is 5.67. The van der Waals surface area contributed by atoms with E-state index in [1.165, 1.54) is 0 Å². The number of pyridine rings is 1. The lowest BCUT2D eigenvalue weighted by atomic mass is 10.2. The maximum Gasteiger partial charge on any atom is 0.110 e. The second-order valence-electron chi connectivity index (χ2n) is 3.15. The summed E-state index contributed by atoms with van der Waals surface area (Å²) in [5.41, 5.74) is 2.06. The Kier molecular flexibility index (Phi) is 3.38. The van der Waals surface area contributed by atoms with E-state index in [1.807, 2.05) is 18.3 Å². The lowest BCUT2D eigenvalue weighted by Crippen LogP contribution is -1.92. The Hall–Kier alpha value is -0.870. The molecule has 0 aromatic carbocycles. The molecule has 0 spiro atoms. The molecule has 15 heavy (non-hydrogen) atoms. The molecule has 0 saturated heterocycles. The normalized spacial score (nSPS) is 10.5. The van der Waals surface area contributed by atoms with Crippen LogP contribution >= 0.6 is 27.5 Å². The average molecular weight is 287 g/mol. The van der Waals surface area contributed by atoms with Gasteiger partial charge in [0.05, 0.1) is 5.88 Å². The van der Waals surface area contributed by atoms with Gasteiger partial charge in [0, 0.05) is 24.5 Å². The van der Waals surface area contributed by atoms with E-state index < -0.39 is 0 Å². The summed E-state index contributed by atoms with van der Waals surface area (Å²) in [5, 5.41) is 0. The van der Waals surface area contributed by atoms with Crippen molar-refractivity contribution in [1.29, 1.82) is 0 Å². The lowest BCUT2D eigenvalue weighted by Gasteiger charge is -1.97. The van der Waals surface area contributed by atoms with Crippen molar-refractivity contribution < 1.29 is 0 Å². The highest BCUT2D eigenvalue weighted by Gasteiger charge is 2.01. The molecule has 0 aliphatic heterocycles. The Labute approximate surface area is 101 Å². The molecule has 5 heteroatoms. The van der Waals surface area contributed by atoms with Gasteiger partial charge in [0.1, 0.15) is 10.4 Å². The topological polar surface area (TPSA) is 41.6 Å².